The molecule has 88 valence electrons. The second-order valence-corrected chi connectivity index (χ2v) is 4.79. The van der Waals surface area contributed by atoms with Crippen molar-refractivity contribution >= 4 is 0 Å². The van der Waals surface area contributed by atoms with Gasteiger partial charge in [0.15, 0.2) is 0 Å². The van der Waals surface area contributed by atoms with Gasteiger partial charge in [0, 0.05) is 0 Å². The Kier molecular flexibility index (Phi) is 4.41. The van der Waals surface area contributed by atoms with Gasteiger partial charge in [-0.05, 0) is 24.3 Å². The van der Waals surface area contributed by atoms with Gasteiger partial charge in [0.2, 0.25) is 0 Å². The average Bonchev–Trinajstić information content (AvgIpc) is 2.38. The molecule has 0 unspecified atom stereocenters. The fourth-order valence-electron chi connectivity index (χ4n) is 2.64. The highest BCUT2D eigenvalue weighted by molar-refractivity contribution is 5.13. The van der Waals surface area contributed by atoms with Crippen molar-refractivity contribution in [3.63, 3.8) is 0 Å². The van der Waals surface area contributed by atoms with E-state index in [9.17, 15) is 0 Å². The van der Waals surface area contributed by atoms with Crippen LogP contribution in [0.3, 0.4) is 0 Å². The van der Waals surface area contributed by atoms with Gasteiger partial charge in [-0.25, -0.2) is 0 Å². The van der Waals surface area contributed by atoms with Crippen LogP contribution < -0.4 is 0 Å². The standard InChI is InChI=1S/C15H22O/c1-2-14-10-6-7-11-15(14)16-12-13-8-4-3-5-9-13/h3-5,8-9,14-15H,2,6-7,10-12H2,1H3/t14-,15-/m1/s1. The quantitative estimate of drug-likeness (QED) is 0.737. The summed E-state index contributed by atoms with van der Waals surface area (Å²) in [6, 6.07) is 10.5. The molecule has 1 aromatic carbocycles. The molecule has 0 saturated heterocycles. The maximum absolute atomic E-state index is 6.07. The summed E-state index contributed by atoms with van der Waals surface area (Å²) < 4.78 is 6.07. The highest BCUT2D eigenvalue weighted by Crippen LogP contribution is 2.29. The van der Waals surface area contributed by atoms with Crippen LogP contribution in [0.25, 0.3) is 0 Å². The van der Waals surface area contributed by atoms with Gasteiger partial charge in [-0.15, -0.1) is 0 Å². The molecule has 0 aliphatic heterocycles. The van der Waals surface area contributed by atoms with E-state index < -0.39 is 0 Å². The first-order valence-corrected chi connectivity index (χ1v) is 6.55. The molecule has 2 rings (SSSR count). The molecule has 16 heavy (non-hydrogen) atoms. The Morgan fingerprint density at radius 3 is 2.62 bits per heavy atom. The summed E-state index contributed by atoms with van der Waals surface area (Å²) in [5.74, 6) is 0.789. The number of benzene rings is 1. The maximum Gasteiger partial charge on any atom is 0.0720 e. The smallest absolute Gasteiger partial charge is 0.0720 e. The summed E-state index contributed by atoms with van der Waals surface area (Å²) in [5.41, 5.74) is 1.29. The van der Waals surface area contributed by atoms with Gasteiger partial charge in [-0.1, -0.05) is 56.5 Å². The van der Waals surface area contributed by atoms with E-state index in [-0.39, 0.29) is 0 Å². The highest BCUT2D eigenvalue weighted by atomic mass is 16.5. The molecular weight excluding hydrogens is 196 g/mol. The van der Waals surface area contributed by atoms with Crippen LogP contribution in [0.2, 0.25) is 0 Å². The Labute approximate surface area is 98.8 Å². The van der Waals surface area contributed by atoms with E-state index in [2.05, 4.69) is 37.3 Å². The van der Waals surface area contributed by atoms with Crippen LogP contribution in [0, 0.1) is 5.92 Å². The zero-order valence-electron chi connectivity index (χ0n) is 10.2. The molecule has 0 aromatic heterocycles. The highest BCUT2D eigenvalue weighted by Gasteiger charge is 2.23. The number of hydrogen-bond acceptors (Lipinski definition) is 1. The van der Waals surface area contributed by atoms with Crippen molar-refractivity contribution in [2.24, 2.45) is 5.92 Å². The second-order valence-electron chi connectivity index (χ2n) is 4.79. The van der Waals surface area contributed by atoms with Crippen molar-refractivity contribution in [3.8, 4) is 0 Å². The van der Waals surface area contributed by atoms with Gasteiger partial charge in [-0.2, -0.15) is 0 Å². The van der Waals surface area contributed by atoms with E-state index in [4.69, 9.17) is 4.74 Å². The summed E-state index contributed by atoms with van der Waals surface area (Å²) in [6.45, 7) is 3.07. The molecule has 1 aliphatic carbocycles. The lowest BCUT2D eigenvalue weighted by Gasteiger charge is -2.30. The molecule has 0 heterocycles. The van der Waals surface area contributed by atoms with Crippen LogP contribution in [-0.4, -0.2) is 6.10 Å². The number of ether oxygens (including phenoxy) is 1. The Morgan fingerprint density at radius 2 is 1.88 bits per heavy atom. The summed E-state index contributed by atoms with van der Waals surface area (Å²) in [6.07, 6.45) is 7.11. The first-order valence-electron chi connectivity index (χ1n) is 6.55. The van der Waals surface area contributed by atoms with Crippen LogP contribution in [0.15, 0.2) is 30.3 Å². The Bertz CT molecular complexity index is 294. The van der Waals surface area contributed by atoms with Crippen LogP contribution in [0.4, 0.5) is 0 Å². The summed E-state index contributed by atoms with van der Waals surface area (Å²) in [5, 5.41) is 0. The zero-order valence-corrected chi connectivity index (χ0v) is 10.2. The number of hydrogen-bond donors (Lipinski definition) is 0. The first-order chi connectivity index (χ1) is 7.90. The molecule has 1 aliphatic rings. The molecule has 1 heteroatoms. The molecule has 0 N–H and O–H groups in total. The predicted octanol–water partition coefficient (Wildman–Crippen LogP) is 4.17. The minimum Gasteiger partial charge on any atom is -0.373 e. The molecule has 0 amide bonds. The topological polar surface area (TPSA) is 9.23 Å². The van der Waals surface area contributed by atoms with Gasteiger partial charge >= 0.3 is 0 Å². The Hall–Kier alpha value is -0.820. The van der Waals surface area contributed by atoms with Crippen LogP contribution in [0.5, 0.6) is 0 Å². The van der Waals surface area contributed by atoms with E-state index in [1.807, 2.05) is 0 Å². The lowest BCUT2D eigenvalue weighted by atomic mass is 9.85. The molecule has 1 fully saturated rings. The van der Waals surface area contributed by atoms with Crippen LogP contribution in [0.1, 0.15) is 44.6 Å². The van der Waals surface area contributed by atoms with Gasteiger partial charge in [0.1, 0.15) is 0 Å². The van der Waals surface area contributed by atoms with E-state index >= 15 is 0 Å². The van der Waals surface area contributed by atoms with Crippen LogP contribution in [-0.2, 0) is 11.3 Å². The molecule has 1 saturated carbocycles. The fraction of sp³-hybridized carbons (Fsp3) is 0.600. The first kappa shape index (κ1) is 11.7. The minimum atomic E-state index is 0.499. The molecule has 2 atom stereocenters. The Balaban J connectivity index is 1.84. The van der Waals surface area contributed by atoms with E-state index in [0.717, 1.165) is 12.5 Å². The molecule has 0 spiro atoms. The van der Waals surface area contributed by atoms with Gasteiger partial charge in [0.05, 0.1) is 12.7 Å². The monoisotopic (exact) mass is 218 g/mol. The van der Waals surface area contributed by atoms with E-state index in [0.29, 0.717) is 6.10 Å². The average molecular weight is 218 g/mol. The lowest BCUT2D eigenvalue weighted by Crippen LogP contribution is -2.27. The molecule has 0 radical (unpaired) electrons. The predicted molar refractivity (Wildman–Crippen MR) is 67.3 cm³/mol. The van der Waals surface area contributed by atoms with Crippen molar-refractivity contribution in [2.45, 2.75) is 51.7 Å². The second kappa shape index (κ2) is 6.05. The van der Waals surface area contributed by atoms with Crippen molar-refractivity contribution in [3.05, 3.63) is 35.9 Å². The molecular formula is C15H22O. The summed E-state index contributed by atoms with van der Waals surface area (Å²) >= 11 is 0. The molecule has 1 nitrogen and oxygen atoms in total. The van der Waals surface area contributed by atoms with Crippen molar-refractivity contribution in [2.75, 3.05) is 0 Å². The van der Waals surface area contributed by atoms with Crippen molar-refractivity contribution in [1.82, 2.24) is 0 Å². The maximum atomic E-state index is 6.07. The van der Waals surface area contributed by atoms with E-state index in [1.54, 1.807) is 0 Å². The number of rotatable bonds is 4. The summed E-state index contributed by atoms with van der Waals surface area (Å²) in [7, 11) is 0. The SMILES string of the molecule is CC[C@@H]1CCCC[C@H]1OCc1ccccc1. The normalized spacial score (nSPS) is 25.6. The largest absolute Gasteiger partial charge is 0.373 e. The van der Waals surface area contributed by atoms with Gasteiger partial charge < -0.3 is 4.74 Å². The molecule has 0 bridgehead atoms. The molecule has 1 aromatic rings. The minimum absolute atomic E-state index is 0.499. The third-order valence-electron chi connectivity index (χ3n) is 3.67. The van der Waals surface area contributed by atoms with Crippen molar-refractivity contribution < 1.29 is 4.74 Å². The Morgan fingerprint density at radius 1 is 1.12 bits per heavy atom. The summed E-state index contributed by atoms with van der Waals surface area (Å²) in [4.78, 5) is 0. The van der Waals surface area contributed by atoms with Gasteiger partial charge in [0.25, 0.3) is 0 Å². The lowest BCUT2D eigenvalue weighted by molar-refractivity contribution is -0.0221. The van der Waals surface area contributed by atoms with E-state index in [1.165, 1.54) is 37.7 Å². The third-order valence-corrected chi connectivity index (χ3v) is 3.67. The van der Waals surface area contributed by atoms with Crippen LogP contribution >= 0.6 is 0 Å². The fourth-order valence-corrected chi connectivity index (χ4v) is 2.64. The van der Waals surface area contributed by atoms with Gasteiger partial charge in [-0.3, -0.25) is 0 Å². The third kappa shape index (κ3) is 3.08. The van der Waals surface area contributed by atoms with Crippen molar-refractivity contribution in [1.29, 1.82) is 0 Å². The zero-order chi connectivity index (χ0) is 11.2.